The van der Waals surface area contributed by atoms with Crippen molar-refractivity contribution in [3.05, 3.63) is 58.6 Å². The standard InChI is InChI=1S/C19H21N3OS/c1-13(18-20-9-10-24-18)21-19(23)22-16-7-8-17(22)12-15(11-16)14-5-3-2-4-6-14/h2-6,9-11,13,16-17H,7-8,12H2,1H3,(H,21,23)/t13-,16-,17-/m1/s1. The van der Waals surface area contributed by atoms with Crippen LogP contribution in [0.15, 0.2) is 48.0 Å². The average Bonchev–Trinajstić information content (AvgIpc) is 3.22. The molecule has 0 aliphatic carbocycles. The van der Waals surface area contributed by atoms with Gasteiger partial charge in [-0.15, -0.1) is 11.3 Å². The highest BCUT2D eigenvalue weighted by atomic mass is 32.1. The minimum absolute atomic E-state index is 0.0357. The molecule has 0 radical (unpaired) electrons. The van der Waals surface area contributed by atoms with Crippen molar-refractivity contribution in [2.45, 2.75) is 44.3 Å². The second kappa shape index (κ2) is 6.40. The summed E-state index contributed by atoms with van der Waals surface area (Å²) in [6.07, 6.45) is 7.14. The SMILES string of the molecule is C[C@@H](NC(=O)N1[C@@H]2CC[C@@H]1C=C(c1ccccc1)C2)c1nccs1. The van der Waals surface area contributed by atoms with Crippen LogP contribution in [0.5, 0.6) is 0 Å². The number of benzene rings is 1. The van der Waals surface area contributed by atoms with Crippen molar-refractivity contribution in [2.24, 2.45) is 0 Å². The predicted octanol–water partition coefficient (Wildman–Crippen LogP) is 4.23. The van der Waals surface area contributed by atoms with Gasteiger partial charge in [0.25, 0.3) is 0 Å². The van der Waals surface area contributed by atoms with E-state index in [1.54, 1.807) is 17.5 Å². The smallest absolute Gasteiger partial charge is 0.318 e. The summed E-state index contributed by atoms with van der Waals surface area (Å²) in [6.45, 7) is 1.99. The normalized spacial score (nSPS) is 23.7. The lowest BCUT2D eigenvalue weighted by atomic mass is 9.95. The molecule has 2 aromatic rings. The van der Waals surface area contributed by atoms with E-state index in [1.807, 2.05) is 23.3 Å². The quantitative estimate of drug-likeness (QED) is 0.909. The molecule has 3 atom stereocenters. The molecule has 2 amide bonds. The summed E-state index contributed by atoms with van der Waals surface area (Å²) >= 11 is 1.58. The van der Waals surface area contributed by atoms with Crippen LogP contribution in [0.4, 0.5) is 4.79 Å². The first-order valence-electron chi connectivity index (χ1n) is 8.46. The molecule has 5 heteroatoms. The Kier molecular flexibility index (Phi) is 4.10. The van der Waals surface area contributed by atoms with Gasteiger partial charge in [0.05, 0.1) is 12.1 Å². The molecule has 1 fully saturated rings. The van der Waals surface area contributed by atoms with Gasteiger partial charge in [-0.05, 0) is 37.3 Å². The highest BCUT2D eigenvalue weighted by molar-refractivity contribution is 7.09. The molecule has 1 aromatic carbocycles. The maximum Gasteiger partial charge on any atom is 0.318 e. The van der Waals surface area contributed by atoms with Crippen LogP contribution < -0.4 is 5.32 Å². The monoisotopic (exact) mass is 339 g/mol. The van der Waals surface area contributed by atoms with E-state index < -0.39 is 0 Å². The molecule has 4 rings (SSSR count). The Bertz CT molecular complexity index is 741. The highest BCUT2D eigenvalue weighted by Gasteiger charge is 2.40. The topological polar surface area (TPSA) is 45.2 Å². The number of urea groups is 1. The first-order valence-corrected chi connectivity index (χ1v) is 9.34. The summed E-state index contributed by atoms with van der Waals surface area (Å²) in [5.74, 6) is 0. The number of rotatable bonds is 3. The Hall–Kier alpha value is -2.14. The minimum Gasteiger partial charge on any atom is -0.329 e. The van der Waals surface area contributed by atoms with Crippen LogP contribution in [-0.4, -0.2) is 28.0 Å². The summed E-state index contributed by atoms with van der Waals surface area (Å²) in [6, 6.07) is 11.0. The third kappa shape index (κ3) is 2.84. The number of fused-ring (bicyclic) bond motifs is 2. The number of nitrogens with zero attached hydrogens (tertiary/aromatic N) is 2. The molecule has 1 saturated heterocycles. The van der Waals surface area contributed by atoms with E-state index in [1.165, 1.54) is 11.1 Å². The van der Waals surface area contributed by atoms with E-state index in [0.717, 1.165) is 24.3 Å². The molecule has 3 heterocycles. The van der Waals surface area contributed by atoms with Gasteiger partial charge in [-0.25, -0.2) is 9.78 Å². The van der Waals surface area contributed by atoms with Crippen molar-refractivity contribution in [1.82, 2.24) is 15.2 Å². The molecular weight excluding hydrogens is 318 g/mol. The van der Waals surface area contributed by atoms with Gasteiger partial charge in [-0.1, -0.05) is 36.4 Å². The number of amides is 2. The number of carbonyl (C=O) groups excluding carboxylic acids is 1. The molecule has 4 nitrogen and oxygen atoms in total. The molecule has 0 spiro atoms. The first-order chi connectivity index (χ1) is 11.7. The molecule has 0 unspecified atom stereocenters. The molecule has 2 aliphatic heterocycles. The molecule has 24 heavy (non-hydrogen) atoms. The fourth-order valence-corrected chi connectivity index (χ4v) is 4.43. The number of nitrogens with one attached hydrogen (secondary N) is 1. The average molecular weight is 339 g/mol. The predicted molar refractivity (Wildman–Crippen MR) is 96.7 cm³/mol. The fourth-order valence-electron chi connectivity index (χ4n) is 3.78. The zero-order valence-electron chi connectivity index (χ0n) is 13.7. The number of thiazole rings is 1. The van der Waals surface area contributed by atoms with Crippen LogP contribution in [0.2, 0.25) is 0 Å². The fraction of sp³-hybridized carbons (Fsp3) is 0.368. The van der Waals surface area contributed by atoms with Crippen molar-refractivity contribution in [3.8, 4) is 0 Å². The lowest BCUT2D eigenvalue weighted by Crippen LogP contribution is -2.48. The highest BCUT2D eigenvalue weighted by Crippen LogP contribution is 2.38. The number of hydrogen-bond acceptors (Lipinski definition) is 3. The Labute approximate surface area is 146 Å². The van der Waals surface area contributed by atoms with Crippen LogP contribution in [0.1, 0.15) is 42.8 Å². The molecule has 124 valence electrons. The second-order valence-corrected chi connectivity index (χ2v) is 7.44. The molecule has 1 aromatic heterocycles. The van der Waals surface area contributed by atoms with Crippen LogP contribution in [0.25, 0.3) is 5.57 Å². The summed E-state index contributed by atoms with van der Waals surface area (Å²) in [4.78, 5) is 19.1. The third-order valence-corrected chi connectivity index (χ3v) is 5.89. The van der Waals surface area contributed by atoms with Crippen LogP contribution in [0.3, 0.4) is 0 Å². The Morgan fingerprint density at radius 3 is 2.88 bits per heavy atom. The van der Waals surface area contributed by atoms with Gasteiger partial charge in [0.15, 0.2) is 0 Å². The van der Waals surface area contributed by atoms with Gasteiger partial charge in [0, 0.05) is 17.6 Å². The summed E-state index contributed by atoms with van der Waals surface area (Å²) < 4.78 is 0. The number of carbonyl (C=O) groups is 1. The molecular formula is C19H21N3OS. The van der Waals surface area contributed by atoms with Gasteiger partial charge in [-0.2, -0.15) is 0 Å². The van der Waals surface area contributed by atoms with Crippen LogP contribution in [-0.2, 0) is 0 Å². The molecule has 2 aliphatic rings. The van der Waals surface area contributed by atoms with Crippen molar-refractivity contribution in [1.29, 1.82) is 0 Å². The van der Waals surface area contributed by atoms with Gasteiger partial charge >= 0.3 is 6.03 Å². The zero-order chi connectivity index (χ0) is 16.5. The van der Waals surface area contributed by atoms with E-state index in [2.05, 4.69) is 40.6 Å². The van der Waals surface area contributed by atoms with E-state index in [4.69, 9.17) is 0 Å². The van der Waals surface area contributed by atoms with E-state index in [9.17, 15) is 4.79 Å². The van der Waals surface area contributed by atoms with Crippen LogP contribution >= 0.6 is 11.3 Å². The maximum absolute atomic E-state index is 12.8. The lowest BCUT2D eigenvalue weighted by molar-refractivity contribution is 0.176. The van der Waals surface area contributed by atoms with Gasteiger partial charge < -0.3 is 10.2 Å². The van der Waals surface area contributed by atoms with Crippen LogP contribution in [0, 0.1) is 0 Å². The molecule has 2 bridgehead atoms. The first kappa shape index (κ1) is 15.4. The summed E-state index contributed by atoms with van der Waals surface area (Å²) in [5.41, 5.74) is 2.66. The van der Waals surface area contributed by atoms with Gasteiger partial charge in [0.2, 0.25) is 0 Å². The van der Waals surface area contributed by atoms with E-state index in [0.29, 0.717) is 6.04 Å². The Balaban J connectivity index is 1.49. The number of hydrogen-bond donors (Lipinski definition) is 1. The van der Waals surface area contributed by atoms with Crippen molar-refractivity contribution in [3.63, 3.8) is 0 Å². The minimum atomic E-state index is -0.0450. The third-order valence-electron chi connectivity index (χ3n) is 4.94. The van der Waals surface area contributed by atoms with Gasteiger partial charge in [-0.3, -0.25) is 0 Å². The van der Waals surface area contributed by atoms with Crippen molar-refractivity contribution < 1.29 is 4.79 Å². The van der Waals surface area contributed by atoms with Crippen molar-refractivity contribution in [2.75, 3.05) is 0 Å². The van der Waals surface area contributed by atoms with E-state index >= 15 is 0 Å². The molecule has 1 N–H and O–H groups in total. The van der Waals surface area contributed by atoms with E-state index in [-0.39, 0.29) is 18.1 Å². The van der Waals surface area contributed by atoms with Crippen molar-refractivity contribution >= 4 is 22.9 Å². The maximum atomic E-state index is 12.8. The van der Waals surface area contributed by atoms with Gasteiger partial charge in [0.1, 0.15) is 5.01 Å². The Morgan fingerprint density at radius 2 is 2.17 bits per heavy atom. The largest absolute Gasteiger partial charge is 0.329 e. The Morgan fingerprint density at radius 1 is 1.33 bits per heavy atom. The zero-order valence-corrected chi connectivity index (χ0v) is 14.5. The summed E-state index contributed by atoms with van der Waals surface area (Å²) in [5, 5.41) is 6.01. The number of aromatic nitrogens is 1. The molecule has 0 saturated carbocycles. The lowest BCUT2D eigenvalue weighted by Gasteiger charge is -2.35. The second-order valence-electron chi connectivity index (χ2n) is 6.51. The summed E-state index contributed by atoms with van der Waals surface area (Å²) in [7, 11) is 0.